The van der Waals surface area contributed by atoms with Gasteiger partial charge in [-0.3, -0.25) is 37.3 Å². The van der Waals surface area contributed by atoms with Crippen LogP contribution in [0.2, 0.25) is 0 Å². The maximum Gasteiger partial charge on any atom is 0.472 e. The largest absolute Gasteiger partial charge is 0.472 e. The van der Waals surface area contributed by atoms with Gasteiger partial charge in [0.05, 0.1) is 26.4 Å². The van der Waals surface area contributed by atoms with Gasteiger partial charge in [0.1, 0.15) is 19.3 Å². The Labute approximate surface area is 630 Å². The van der Waals surface area contributed by atoms with Crippen molar-refractivity contribution in [2.24, 2.45) is 0 Å². The van der Waals surface area contributed by atoms with Crippen LogP contribution >= 0.6 is 15.6 Å². The number of phosphoric ester groups is 2. The molecule has 0 amide bonds. The van der Waals surface area contributed by atoms with Gasteiger partial charge < -0.3 is 33.8 Å². The highest BCUT2D eigenvalue weighted by molar-refractivity contribution is 7.47. The first kappa shape index (κ1) is 98.9. The summed E-state index contributed by atoms with van der Waals surface area (Å²) < 4.78 is 68.6. The van der Waals surface area contributed by atoms with Crippen LogP contribution in [0.15, 0.2) is 146 Å². The average Bonchev–Trinajstić information content (AvgIpc) is 0.939. The summed E-state index contributed by atoms with van der Waals surface area (Å²) in [5.74, 6) is -2.25. The van der Waals surface area contributed by atoms with E-state index in [2.05, 4.69) is 174 Å². The Morgan fingerprint density at radius 2 is 0.500 bits per heavy atom. The summed E-state index contributed by atoms with van der Waals surface area (Å²) in [6.07, 6.45) is 86.8. The number of unbranched alkanes of at least 4 members (excludes halogenated alkanes) is 24. The molecule has 19 heteroatoms. The standard InChI is InChI=1S/C85H142O17P2/c1-5-9-13-17-21-25-29-33-36-38-39-41-44-47-50-54-58-62-66-70-83(88)95-75-80(101-84(89)71-67-63-59-55-51-45-32-28-24-20-16-12-8-4)77-99-103(91,92)97-73-79(86)74-98-104(93,94)100-78-81(102-85(90)72-68-64-60-56-52-48-42-35-31-27-23-19-15-11-7-3)76-96-82(87)69-65-61-57-53-49-46-43-40-37-34-30-26-22-18-14-10-6-2/h9-11,13-15,21-23,25-28,32-37,39,41-43,46,79-81,86H,5-8,12,16-20,24,29-31,38,40,44-45,47-78H2,1-4H3,(H,91,92)(H,93,94)/b13-9-,14-10-,15-11-,25-21-,26-22-,27-23-,32-28-,36-33-,37-34-,41-39-,42-35-,46-43-. The molecule has 5 unspecified atom stereocenters. The van der Waals surface area contributed by atoms with Crippen molar-refractivity contribution >= 4 is 39.5 Å². The van der Waals surface area contributed by atoms with Gasteiger partial charge in [0.15, 0.2) is 12.2 Å². The lowest BCUT2D eigenvalue weighted by molar-refractivity contribution is -0.161. The number of esters is 4. The van der Waals surface area contributed by atoms with Crippen molar-refractivity contribution in [3.05, 3.63) is 146 Å². The Bertz CT molecular complexity index is 2540. The number of hydrogen-bond donors (Lipinski definition) is 3. The lowest BCUT2D eigenvalue weighted by Crippen LogP contribution is -2.30. The van der Waals surface area contributed by atoms with E-state index in [-0.39, 0.29) is 25.7 Å². The van der Waals surface area contributed by atoms with Gasteiger partial charge in [0.2, 0.25) is 0 Å². The van der Waals surface area contributed by atoms with E-state index in [1.54, 1.807) is 0 Å². The first-order chi connectivity index (χ1) is 50.7. The number of carbonyl (C=O) groups excluding carboxylic acids is 4. The van der Waals surface area contributed by atoms with Gasteiger partial charge in [0.25, 0.3) is 0 Å². The third-order valence-electron chi connectivity index (χ3n) is 16.3. The van der Waals surface area contributed by atoms with Crippen molar-refractivity contribution < 1.29 is 80.2 Å². The Kier molecular flexibility index (Phi) is 72.4. The Balaban J connectivity index is 5.40. The van der Waals surface area contributed by atoms with E-state index in [1.807, 2.05) is 0 Å². The summed E-state index contributed by atoms with van der Waals surface area (Å²) in [6.45, 7) is 4.46. The van der Waals surface area contributed by atoms with E-state index < -0.39 is 97.5 Å². The molecule has 0 saturated carbocycles. The lowest BCUT2D eigenvalue weighted by atomic mass is 10.1. The van der Waals surface area contributed by atoms with Crippen LogP contribution in [0.1, 0.15) is 310 Å². The molecule has 0 spiro atoms. The molecule has 17 nitrogen and oxygen atoms in total. The zero-order valence-corrected chi connectivity index (χ0v) is 66.7. The second-order valence-electron chi connectivity index (χ2n) is 26.2. The number of aliphatic hydroxyl groups is 1. The van der Waals surface area contributed by atoms with Crippen molar-refractivity contribution in [1.29, 1.82) is 0 Å². The van der Waals surface area contributed by atoms with Crippen molar-refractivity contribution in [3.63, 3.8) is 0 Å². The Hall–Kier alpha value is -5.06. The van der Waals surface area contributed by atoms with Crippen LogP contribution in [0.4, 0.5) is 0 Å². The molecule has 3 N–H and O–H groups in total. The molecule has 5 atom stereocenters. The minimum Gasteiger partial charge on any atom is -0.462 e. The Morgan fingerprint density at radius 1 is 0.279 bits per heavy atom. The molecule has 594 valence electrons. The van der Waals surface area contributed by atoms with Crippen LogP contribution in [-0.4, -0.2) is 96.7 Å². The zero-order chi connectivity index (χ0) is 76.0. The molecular weight excluding hydrogens is 1350 g/mol. The normalized spacial score (nSPS) is 14.6. The summed E-state index contributed by atoms with van der Waals surface area (Å²) in [5, 5.41) is 10.6. The van der Waals surface area contributed by atoms with E-state index in [0.29, 0.717) is 25.7 Å². The minimum atomic E-state index is -4.99. The number of phosphoric acid groups is 2. The topological polar surface area (TPSA) is 237 Å². The molecule has 0 rings (SSSR count). The van der Waals surface area contributed by atoms with Crippen molar-refractivity contribution in [1.82, 2.24) is 0 Å². The highest BCUT2D eigenvalue weighted by atomic mass is 31.2. The summed E-state index contributed by atoms with van der Waals surface area (Å²) in [4.78, 5) is 73.0. The smallest absolute Gasteiger partial charge is 0.462 e. The second-order valence-corrected chi connectivity index (χ2v) is 29.1. The van der Waals surface area contributed by atoms with Crippen LogP contribution in [0.5, 0.6) is 0 Å². The van der Waals surface area contributed by atoms with Gasteiger partial charge in [-0.15, -0.1) is 0 Å². The number of ether oxygens (including phenoxy) is 4. The first-order valence-electron chi connectivity index (χ1n) is 40.1. The lowest BCUT2D eigenvalue weighted by Gasteiger charge is -2.21. The van der Waals surface area contributed by atoms with E-state index >= 15 is 0 Å². The molecule has 0 heterocycles. The maximum atomic E-state index is 13.1. The fraction of sp³-hybridized carbons (Fsp3) is 0.671. The summed E-state index contributed by atoms with van der Waals surface area (Å²) in [5.41, 5.74) is 0. The fourth-order valence-corrected chi connectivity index (χ4v) is 11.8. The number of carbonyl (C=O) groups is 4. The average molecular weight is 1500 g/mol. The van der Waals surface area contributed by atoms with E-state index in [9.17, 15) is 43.2 Å². The number of hydrogen-bond acceptors (Lipinski definition) is 15. The number of aliphatic hydroxyl groups excluding tert-OH is 1. The van der Waals surface area contributed by atoms with Crippen LogP contribution in [0.25, 0.3) is 0 Å². The van der Waals surface area contributed by atoms with E-state index in [0.717, 1.165) is 205 Å². The first-order valence-corrected chi connectivity index (χ1v) is 43.1. The van der Waals surface area contributed by atoms with Crippen molar-refractivity contribution in [2.45, 2.75) is 329 Å². The predicted octanol–water partition coefficient (Wildman–Crippen LogP) is 23.4. The third-order valence-corrected chi connectivity index (χ3v) is 18.2. The predicted molar refractivity (Wildman–Crippen MR) is 427 cm³/mol. The second kappa shape index (κ2) is 76.1. The molecule has 0 aromatic carbocycles. The summed E-state index contributed by atoms with van der Waals surface area (Å²) >= 11 is 0. The third kappa shape index (κ3) is 75.2. The summed E-state index contributed by atoms with van der Waals surface area (Å²) in [7, 11) is -9.98. The number of allylic oxidation sites excluding steroid dienone is 24. The molecular formula is C85H142O17P2. The van der Waals surface area contributed by atoms with Gasteiger partial charge in [-0.25, -0.2) is 9.13 Å². The van der Waals surface area contributed by atoms with Crippen LogP contribution in [-0.2, 0) is 65.4 Å². The molecule has 0 fully saturated rings. The molecule has 104 heavy (non-hydrogen) atoms. The van der Waals surface area contributed by atoms with E-state index in [4.69, 9.17) is 37.0 Å². The monoisotopic (exact) mass is 1500 g/mol. The number of rotatable bonds is 74. The molecule has 0 aliphatic rings. The van der Waals surface area contributed by atoms with Gasteiger partial charge in [-0.2, -0.15) is 0 Å². The van der Waals surface area contributed by atoms with Crippen molar-refractivity contribution in [2.75, 3.05) is 39.6 Å². The van der Waals surface area contributed by atoms with Gasteiger partial charge in [-0.1, -0.05) is 270 Å². The molecule has 0 aromatic heterocycles. The van der Waals surface area contributed by atoms with Gasteiger partial charge in [-0.05, 0) is 161 Å². The highest BCUT2D eigenvalue weighted by Gasteiger charge is 2.30. The SMILES string of the molecule is CC/C=C\C/C=C\C/C=C\C/C=C\CCCCCCCCC(=O)OCC(COP(=O)(O)OCC(O)COP(=O)(O)OCC(COC(=O)CCCCCC/C=C\C/C=C\C/C=C\C/C=C\CC)OC(=O)CCCCCCC/C=C\C/C=C\C/C=C\CC)OC(=O)CCCCCCC/C=C\CCCCCC. The van der Waals surface area contributed by atoms with Crippen LogP contribution in [0.3, 0.4) is 0 Å². The quantitative estimate of drug-likeness (QED) is 0.0169. The molecule has 0 radical (unpaired) electrons. The zero-order valence-electron chi connectivity index (χ0n) is 64.9. The minimum absolute atomic E-state index is 0.0656. The molecule has 0 aliphatic heterocycles. The van der Waals surface area contributed by atoms with Crippen LogP contribution < -0.4 is 0 Å². The van der Waals surface area contributed by atoms with E-state index in [1.165, 1.54) is 25.7 Å². The highest BCUT2D eigenvalue weighted by Crippen LogP contribution is 2.45. The molecule has 0 bridgehead atoms. The Morgan fingerprint density at radius 3 is 0.779 bits per heavy atom. The van der Waals surface area contributed by atoms with Gasteiger partial charge >= 0.3 is 39.5 Å². The summed E-state index contributed by atoms with van der Waals surface area (Å²) in [6, 6.07) is 0. The molecule has 0 aliphatic carbocycles. The maximum absolute atomic E-state index is 13.1. The van der Waals surface area contributed by atoms with Gasteiger partial charge in [0, 0.05) is 25.7 Å². The fourth-order valence-electron chi connectivity index (χ4n) is 10.3. The van der Waals surface area contributed by atoms with Crippen molar-refractivity contribution in [3.8, 4) is 0 Å². The molecule has 0 saturated heterocycles. The molecule has 0 aromatic rings. The van der Waals surface area contributed by atoms with Crippen LogP contribution in [0, 0.1) is 0 Å².